The van der Waals surface area contributed by atoms with Crippen LogP contribution in [0.5, 0.6) is 0 Å². The summed E-state index contributed by atoms with van der Waals surface area (Å²) in [4.78, 5) is 10.8. The number of aromatic nitrogens is 2. The molecule has 0 spiro atoms. The molecule has 3 rings (SSSR count). The fraction of sp³-hybridized carbons (Fsp3) is 0.429. The number of para-hydroxylation sites is 1. The number of anilines is 2. The van der Waals surface area contributed by atoms with Crippen LogP contribution in [0.2, 0.25) is 0 Å². The lowest BCUT2D eigenvalue weighted by molar-refractivity contribution is 0.239. The lowest BCUT2D eigenvalue weighted by Crippen LogP contribution is -2.42. The molecule has 2 heterocycles. The van der Waals surface area contributed by atoms with E-state index in [9.17, 15) is 5.11 Å². The Hall–Kier alpha value is -1.88. The Morgan fingerprint density at radius 2 is 2.11 bits per heavy atom. The predicted octanol–water partition coefficient (Wildman–Crippen LogP) is 1.56. The van der Waals surface area contributed by atoms with Gasteiger partial charge in [0.1, 0.15) is 5.82 Å². The first-order valence-corrected chi connectivity index (χ1v) is 6.69. The Morgan fingerprint density at radius 1 is 1.26 bits per heavy atom. The summed E-state index contributed by atoms with van der Waals surface area (Å²) < 4.78 is 0. The molecule has 1 aromatic carbocycles. The Morgan fingerprint density at radius 3 is 2.95 bits per heavy atom. The number of nitrogens with zero attached hydrogens (tertiary/aromatic N) is 3. The molecular weight excluding hydrogens is 240 g/mol. The van der Waals surface area contributed by atoms with E-state index in [2.05, 4.69) is 14.9 Å². The van der Waals surface area contributed by atoms with Gasteiger partial charge in [-0.15, -0.1) is 0 Å². The molecular formula is C14H18N4O. The molecule has 0 bridgehead atoms. The van der Waals surface area contributed by atoms with Crippen molar-refractivity contribution >= 4 is 22.7 Å². The second-order valence-electron chi connectivity index (χ2n) is 4.95. The molecule has 19 heavy (non-hydrogen) atoms. The van der Waals surface area contributed by atoms with E-state index in [1.807, 2.05) is 24.3 Å². The Labute approximate surface area is 112 Å². The van der Waals surface area contributed by atoms with Crippen LogP contribution >= 0.6 is 0 Å². The third-order valence-corrected chi connectivity index (χ3v) is 3.71. The third kappa shape index (κ3) is 2.21. The van der Waals surface area contributed by atoms with Gasteiger partial charge in [-0.05, 0) is 31.4 Å². The lowest BCUT2D eigenvalue weighted by atomic mass is 10.0. The van der Waals surface area contributed by atoms with Crippen LogP contribution in [0.4, 0.5) is 11.8 Å². The van der Waals surface area contributed by atoms with E-state index in [0.717, 1.165) is 42.5 Å². The molecule has 2 aromatic rings. The van der Waals surface area contributed by atoms with E-state index in [1.54, 1.807) is 0 Å². The smallest absolute Gasteiger partial charge is 0.222 e. The van der Waals surface area contributed by atoms with Crippen LogP contribution in [0.1, 0.15) is 19.3 Å². The van der Waals surface area contributed by atoms with Gasteiger partial charge in [0.2, 0.25) is 5.95 Å². The van der Waals surface area contributed by atoms with Crippen molar-refractivity contribution < 1.29 is 5.11 Å². The van der Waals surface area contributed by atoms with Gasteiger partial charge < -0.3 is 15.7 Å². The minimum Gasteiger partial charge on any atom is -0.394 e. The molecule has 5 nitrogen and oxygen atoms in total. The van der Waals surface area contributed by atoms with E-state index in [1.165, 1.54) is 0 Å². The molecule has 5 heteroatoms. The SMILES string of the molecule is Nc1nc(N2CCCCC2CO)c2ccccc2n1. The molecule has 0 amide bonds. The first-order chi connectivity index (χ1) is 9.29. The maximum absolute atomic E-state index is 9.55. The number of piperidine rings is 1. The number of aliphatic hydroxyl groups is 1. The van der Waals surface area contributed by atoms with Crippen molar-refractivity contribution in [1.29, 1.82) is 0 Å². The van der Waals surface area contributed by atoms with Gasteiger partial charge in [-0.3, -0.25) is 0 Å². The molecule has 1 unspecified atom stereocenters. The summed E-state index contributed by atoms with van der Waals surface area (Å²) in [5.41, 5.74) is 6.66. The largest absolute Gasteiger partial charge is 0.394 e. The van der Waals surface area contributed by atoms with Crippen LogP contribution in [-0.2, 0) is 0 Å². The van der Waals surface area contributed by atoms with E-state index >= 15 is 0 Å². The number of hydrogen-bond acceptors (Lipinski definition) is 5. The fourth-order valence-electron chi connectivity index (χ4n) is 2.77. The van der Waals surface area contributed by atoms with E-state index in [-0.39, 0.29) is 18.6 Å². The highest BCUT2D eigenvalue weighted by Crippen LogP contribution is 2.29. The summed E-state index contributed by atoms with van der Waals surface area (Å²) in [6.45, 7) is 1.06. The minimum atomic E-state index is 0.131. The fourth-order valence-corrected chi connectivity index (χ4v) is 2.77. The molecule has 3 N–H and O–H groups in total. The number of fused-ring (bicyclic) bond motifs is 1. The van der Waals surface area contributed by atoms with Crippen LogP contribution in [0.25, 0.3) is 10.9 Å². The van der Waals surface area contributed by atoms with Gasteiger partial charge >= 0.3 is 0 Å². The standard InChI is InChI=1S/C14H18N4O/c15-14-16-12-7-2-1-6-11(12)13(17-14)18-8-4-3-5-10(18)9-19/h1-2,6-7,10,19H,3-5,8-9H2,(H2,15,16,17). The van der Waals surface area contributed by atoms with Crippen LogP contribution in [0, 0.1) is 0 Å². The number of benzene rings is 1. The second kappa shape index (κ2) is 5.01. The highest BCUT2D eigenvalue weighted by atomic mass is 16.3. The molecule has 1 atom stereocenters. The van der Waals surface area contributed by atoms with Crippen molar-refractivity contribution in [2.75, 3.05) is 23.8 Å². The normalized spacial score (nSPS) is 19.8. The molecule has 1 fully saturated rings. The summed E-state index contributed by atoms with van der Waals surface area (Å²) >= 11 is 0. The summed E-state index contributed by atoms with van der Waals surface area (Å²) in [5.74, 6) is 1.14. The quantitative estimate of drug-likeness (QED) is 0.855. The van der Waals surface area contributed by atoms with Crippen molar-refractivity contribution in [1.82, 2.24) is 9.97 Å². The second-order valence-corrected chi connectivity index (χ2v) is 4.95. The zero-order valence-electron chi connectivity index (χ0n) is 10.8. The molecule has 1 aliphatic heterocycles. The monoisotopic (exact) mass is 258 g/mol. The van der Waals surface area contributed by atoms with Crippen molar-refractivity contribution in [3.63, 3.8) is 0 Å². The summed E-state index contributed by atoms with van der Waals surface area (Å²) in [7, 11) is 0. The first kappa shape index (κ1) is 12.2. The topological polar surface area (TPSA) is 75.3 Å². The summed E-state index contributed by atoms with van der Waals surface area (Å²) in [5, 5.41) is 10.5. The van der Waals surface area contributed by atoms with Gasteiger partial charge in [0.15, 0.2) is 0 Å². The maximum atomic E-state index is 9.55. The van der Waals surface area contributed by atoms with Gasteiger partial charge in [-0.2, -0.15) is 4.98 Å². The van der Waals surface area contributed by atoms with Crippen molar-refractivity contribution in [2.24, 2.45) is 0 Å². The number of nitrogens with two attached hydrogens (primary N) is 1. The maximum Gasteiger partial charge on any atom is 0.222 e. The van der Waals surface area contributed by atoms with Crippen molar-refractivity contribution in [3.8, 4) is 0 Å². The first-order valence-electron chi connectivity index (χ1n) is 6.69. The number of rotatable bonds is 2. The van der Waals surface area contributed by atoms with E-state index in [4.69, 9.17) is 5.73 Å². The minimum absolute atomic E-state index is 0.131. The van der Waals surface area contributed by atoms with Gasteiger partial charge in [0, 0.05) is 11.9 Å². The van der Waals surface area contributed by atoms with Gasteiger partial charge in [0.25, 0.3) is 0 Å². The van der Waals surface area contributed by atoms with Crippen LogP contribution < -0.4 is 10.6 Å². The zero-order chi connectivity index (χ0) is 13.2. The molecule has 1 saturated heterocycles. The van der Waals surface area contributed by atoms with Gasteiger partial charge in [-0.25, -0.2) is 4.98 Å². The van der Waals surface area contributed by atoms with Crippen molar-refractivity contribution in [3.05, 3.63) is 24.3 Å². The highest BCUT2D eigenvalue weighted by molar-refractivity contribution is 5.90. The Kier molecular flexibility index (Phi) is 3.21. The highest BCUT2D eigenvalue weighted by Gasteiger charge is 2.24. The lowest BCUT2D eigenvalue weighted by Gasteiger charge is -2.36. The van der Waals surface area contributed by atoms with Crippen LogP contribution in [-0.4, -0.2) is 34.3 Å². The molecule has 0 aliphatic carbocycles. The summed E-state index contributed by atoms with van der Waals surface area (Å²) in [6, 6.07) is 8.00. The number of hydrogen-bond donors (Lipinski definition) is 2. The average Bonchev–Trinajstić information content (AvgIpc) is 2.46. The van der Waals surface area contributed by atoms with Gasteiger partial charge in [0.05, 0.1) is 18.2 Å². The van der Waals surface area contributed by atoms with Crippen molar-refractivity contribution in [2.45, 2.75) is 25.3 Å². The molecule has 100 valence electrons. The molecule has 0 saturated carbocycles. The number of nitrogen functional groups attached to an aromatic ring is 1. The molecule has 1 aliphatic rings. The Balaban J connectivity index is 2.12. The number of aliphatic hydroxyl groups excluding tert-OH is 1. The summed E-state index contributed by atoms with van der Waals surface area (Å²) in [6.07, 6.45) is 3.27. The van der Waals surface area contributed by atoms with Gasteiger partial charge in [-0.1, -0.05) is 12.1 Å². The Bertz CT molecular complexity index is 587. The van der Waals surface area contributed by atoms with E-state index < -0.39 is 0 Å². The molecule has 0 radical (unpaired) electrons. The average molecular weight is 258 g/mol. The third-order valence-electron chi connectivity index (χ3n) is 3.71. The van der Waals surface area contributed by atoms with E-state index in [0.29, 0.717) is 0 Å². The van der Waals surface area contributed by atoms with Crippen LogP contribution in [0.15, 0.2) is 24.3 Å². The zero-order valence-corrected chi connectivity index (χ0v) is 10.8. The predicted molar refractivity (Wildman–Crippen MR) is 76.0 cm³/mol. The molecule has 1 aromatic heterocycles. The van der Waals surface area contributed by atoms with Crippen LogP contribution in [0.3, 0.4) is 0 Å².